The lowest BCUT2D eigenvalue weighted by Gasteiger charge is -2.11. The lowest BCUT2D eigenvalue weighted by Crippen LogP contribution is -1.95. The maximum atomic E-state index is 9.27. The molecule has 0 aliphatic rings. The van der Waals surface area contributed by atoms with E-state index in [2.05, 4.69) is 20.9 Å². The second-order valence-corrected chi connectivity index (χ2v) is 4.98. The Kier molecular flexibility index (Phi) is 3.99. The van der Waals surface area contributed by atoms with Gasteiger partial charge in [-0.1, -0.05) is 6.07 Å². The van der Waals surface area contributed by atoms with Crippen molar-refractivity contribution in [3.8, 4) is 11.5 Å². The number of aromatic nitrogens is 1. The number of nitrogens with zero attached hydrogens (tertiary/aromatic N) is 1. The molecule has 2 rings (SSSR count). The summed E-state index contributed by atoms with van der Waals surface area (Å²) < 4.78 is 6.71. The van der Waals surface area contributed by atoms with Gasteiger partial charge in [0.05, 0.1) is 11.1 Å². The molecular weight excluding hydrogens is 294 g/mol. The SMILES string of the molecule is Cc1ccc(Oc2cc(C)ncc2CO)c(Br)c1. The highest BCUT2D eigenvalue weighted by Gasteiger charge is 2.08. The molecule has 0 bridgehead atoms. The first-order chi connectivity index (χ1) is 8.60. The van der Waals surface area contributed by atoms with Crippen LogP contribution in [-0.2, 0) is 6.61 Å². The van der Waals surface area contributed by atoms with Crippen molar-refractivity contribution >= 4 is 15.9 Å². The molecule has 1 heterocycles. The average Bonchev–Trinajstić information content (AvgIpc) is 2.33. The summed E-state index contributed by atoms with van der Waals surface area (Å²) in [6, 6.07) is 7.68. The Hall–Kier alpha value is -1.39. The molecule has 0 spiro atoms. The summed E-state index contributed by atoms with van der Waals surface area (Å²) in [6.45, 7) is 3.81. The van der Waals surface area contributed by atoms with Gasteiger partial charge in [0.1, 0.15) is 11.5 Å². The minimum absolute atomic E-state index is 0.0912. The van der Waals surface area contributed by atoms with Gasteiger partial charge in [0.25, 0.3) is 0 Å². The van der Waals surface area contributed by atoms with Crippen LogP contribution < -0.4 is 4.74 Å². The smallest absolute Gasteiger partial charge is 0.141 e. The number of benzene rings is 1. The zero-order valence-electron chi connectivity index (χ0n) is 10.3. The molecule has 0 saturated carbocycles. The number of hydrogen-bond donors (Lipinski definition) is 1. The van der Waals surface area contributed by atoms with Crippen LogP contribution in [0.4, 0.5) is 0 Å². The highest BCUT2D eigenvalue weighted by atomic mass is 79.9. The number of pyridine rings is 1. The monoisotopic (exact) mass is 307 g/mol. The van der Waals surface area contributed by atoms with Gasteiger partial charge in [0.2, 0.25) is 0 Å². The lowest BCUT2D eigenvalue weighted by molar-refractivity contribution is 0.276. The Balaban J connectivity index is 2.36. The first kappa shape index (κ1) is 13.1. The van der Waals surface area contributed by atoms with Crippen LogP contribution in [0, 0.1) is 13.8 Å². The van der Waals surface area contributed by atoms with E-state index in [-0.39, 0.29) is 6.61 Å². The van der Waals surface area contributed by atoms with Crippen LogP contribution >= 0.6 is 15.9 Å². The molecule has 2 aromatic rings. The minimum Gasteiger partial charge on any atom is -0.456 e. The van der Waals surface area contributed by atoms with Crippen molar-refractivity contribution in [2.75, 3.05) is 0 Å². The van der Waals surface area contributed by atoms with E-state index in [1.54, 1.807) is 6.20 Å². The predicted octanol–water partition coefficient (Wildman–Crippen LogP) is 3.75. The molecule has 1 N–H and O–H groups in total. The van der Waals surface area contributed by atoms with Gasteiger partial charge >= 0.3 is 0 Å². The Morgan fingerprint density at radius 2 is 2.00 bits per heavy atom. The Morgan fingerprint density at radius 1 is 1.22 bits per heavy atom. The maximum absolute atomic E-state index is 9.27. The molecular formula is C14H14BrNO2. The Morgan fingerprint density at radius 3 is 2.67 bits per heavy atom. The molecule has 0 aliphatic heterocycles. The van der Waals surface area contributed by atoms with Gasteiger partial charge < -0.3 is 9.84 Å². The van der Waals surface area contributed by atoms with Crippen LogP contribution in [-0.4, -0.2) is 10.1 Å². The largest absolute Gasteiger partial charge is 0.456 e. The van der Waals surface area contributed by atoms with E-state index in [1.807, 2.05) is 38.1 Å². The van der Waals surface area contributed by atoms with E-state index < -0.39 is 0 Å². The number of halogens is 1. The van der Waals surface area contributed by atoms with Crippen molar-refractivity contribution in [1.82, 2.24) is 4.98 Å². The second kappa shape index (κ2) is 5.50. The molecule has 0 amide bonds. The highest BCUT2D eigenvalue weighted by molar-refractivity contribution is 9.10. The molecule has 0 aliphatic carbocycles. The molecule has 1 aromatic heterocycles. The number of hydrogen-bond acceptors (Lipinski definition) is 3. The van der Waals surface area contributed by atoms with Crippen LogP contribution in [0.5, 0.6) is 11.5 Å². The summed E-state index contributed by atoms with van der Waals surface area (Å²) in [5.74, 6) is 1.36. The van der Waals surface area contributed by atoms with Gasteiger partial charge in [-0.15, -0.1) is 0 Å². The van der Waals surface area contributed by atoms with Gasteiger partial charge in [-0.3, -0.25) is 4.98 Å². The van der Waals surface area contributed by atoms with Gasteiger partial charge in [0, 0.05) is 23.5 Å². The van der Waals surface area contributed by atoms with Gasteiger partial charge in [0.15, 0.2) is 0 Å². The van der Waals surface area contributed by atoms with E-state index in [9.17, 15) is 5.11 Å². The number of aryl methyl sites for hydroxylation is 2. The van der Waals surface area contributed by atoms with Crippen LogP contribution in [0.25, 0.3) is 0 Å². The molecule has 0 saturated heterocycles. The Bertz CT molecular complexity index is 570. The molecule has 0 radical (unpaired) electrons. The normalized spacial score (nSPS) is 10.4. The van der Waals surface area contributed by atoms with Gasteiger partial charge in [-0.05, 0) is 47.5 Å². The standard InChI is InChI=1S/C14H14BrNO2/c1-9-3-4-13(12(15)5-9)18-14-6-10(2)16-7-11(14)8-17/h3-7,17H,8H2,1-2H3. The van der Waals surface area contributed by atoms with Crippen molar-refractivity contribution in [2.45, 2.75) is 20.5 Å². The van der Waals surface area contributed by atoms with E-state index in [0.717, 1.165) is 21.5 Å². The number of rotatable bonds is 3. The topological polar surface area (TPSA) is 42.4 Å². The third-order valence-electron chi connectivity index (χ3n) is 2.56. The third-order valence-corrected chi connectivity index (χ3v) is 3.18. The van der Waals surface area contributed by atoms with Gasteiger partial charge in [-0.2, -0.15) is 0 Å². The van der Waals surface area contributed by atoms with Crippen LogP contribution in [0.3, 0.4) is 0 Å². The van der Waals surface area contributed by atoms with Crippen LogP contribution in [0.15, 0.2) is 34.9 Å². The van der Waals surface area contributed by atoms with E-state index in [4.69, 9.17) is 4.74 Å². The summed E-state index contributed by atoms with van der Waals surface area (Å²) >= 11 is 3.47. The van der Waals surface area contributed by atoms with Crippen molar-refractivity contribution in [3.05, 3.63) is 51.8 Å². The van der Waals surface area contributed by atoms with Crippen molar-refractivity contribution in [3.63, 3.8) is 0 Å². The number of ether oxygens (including phenoxy) is 1. The van der Waals surface area contributed by atoms with Crippen LogP contribution in [0.2, 0.25) is 0 Å². The van der Waals surface area contributed by atoms with Crippen molar-refractivity contribution < 1.29 is 9.84 Å². The van der Waals surface area contributed by atoms with Crippen molar-refractivity contribution in [2.24, 2.45) is 0 Å². The van der Waals surface area contributed by atoms with E-state index >= 15 is 0 Å². The van der Waals surface area contributed by atoms with E-state index in [1.165, 1.54) is 0 Å². The molecule has 18 heavy (non-hydrogen) atoms. The first-order valence-corrected chi connectivity index (χ1v) is 6.40. The predicted molar refractivity (Wildman–Crippen MR) is 73.8 cm³/mol. The third kappa shape index (κ3) is 2.89. The van der Waals surface area contributed by atoms with Gasteiger partial charge in [-0.25, -0.2) is 0 Å². The maximum Gasteiger partial charge on any atom is 0.141 e. The second-order valence-electron chi connectivity index (χ2n) is 4.13. The fourth-order valence-corrected chi connectivity index (χ4v) is 2.16. The lowest BCUT2D eigenvalue weighted by atomic mass is 10.2. The molecule has 3 nitrogen and oxygen atoms in total. The molecule has 1 aromatic carbocycles. The zero-order chi connectivity index (χ0) is 13.1. The summed E-state index contributed by atoms with van der Waals surface area (Å²) in [6.07, 6.45) is 1.63. The van der Waals surface area contributed by atoms with Crippen molar-refractivity contribution in [1.29, 1.82) is 0 Å². The average molecular weight is 308 g/mol. The van der Waals surface area contributed by atoms with Crippen LogP contribution in [0.1, 0.15) is 16.8 Å². The fraction of sp³-hybridized carbons (Fsp3) is 0.214. The molecule has 0 fully saturated rings. The quantitative estimate of drug-likeness (QED) is 0.939. The zero-order valence-corrected chi connectivity index (χ0v) is 11.9. The number of aliphatic hydroxyl groups is 1. The summed E-state index contributed by atoms with van der Waals surface area (Å²) in [7, 11) is 0. The molecule has 0 atom stereocenters. The van der Waals surface area contributed by atoms with E-state index in [0.29, 0.717) is 11.3 Å². The summed E-state index contributed by atoms with van der Waals surface area (Å²) in [4.78, 5) is 4.14. The molecule has 0 unspecified atom stereocenters. The first-order valence-electron chi connectivity index (χ1n) is 5.60. The fourth-order valence-electron chi connectivity index (χ4n) is 1.58. The minimum atomic E-state index is -0.0912. The summed E-state index contributed by atoms with van der Waals surface area (Å²) in [5.41, 5.74) is 2.68. The number of aliphatic hydroxyl groups excluding tert-OH is 1. The molecule has 4 heteroatoms. The summed E-state index contributed by atoms with van der Waals surface area (Å²) in [5, 5.41) is 9.27. The Labute approximate surface area is 115 Å². The highest BCUT2D eigenvalue weighted by Crippen LogP contribution is 2.32. The molecule has 94 valence electrons.